The number of esters is 1. The van der Waals surface area contributed by atoms with E-state index in [1.54, 1.807) is 30.1 Å². The predicted octanol–water partition coefficient (Wildman–Crippen LogP) is 3.62. The Hall–Kier alpha value is -2.01. The van der Waals surface area contributed by atoms with Crippen LogP contribution in [0.25, 0.3) is 0 Å². The van der Waals surface area contributed by atoms with Crippen molar-refractivity contribution < 1.29 is 9.53 Å². The van der Waals surface area contributed by atoms with E-state index >= 15 is 0 Å². The molecular weight excluding hydrogens is 296 g/mol. The number of nitrogens with zero attached hydrogens (tertiary/aromatic N) is 2. The van der Waals surface area contributed by atoms with Gasteiger partial charge in [-0.15, -0.1) is 0 Å². The fourth-order valence-corrected chi connectivity index (χ4v) is 3.34. The number of methoxy groups -OCH3 is 1. The smallest absolute Gasteiger partial charge is 0.337 e. The van der Waals surface area contributed by atoms with E-state index in [-0.39, 0.29) is 5.97 Å². The standard InChI is InChI=1S/C17H18N2O2S/c1-21-17(20)13-8-9-18-16(12-13)22-15-6-4-14(5-7-15)19-10-2-3-11-19/h4-9,12H,2-3,10-11H2,1H3. The van der Waals surface area contributed by atoms with Crippen LogP contribution < -0.4 is 4.90 Å². The van der Waals surface area contributed by atoms with E-state index in [1.807, 2.05) is 0 Å². The molecule has 0 radical (unpaired) electrons. The van der Waals surface area contributed by atoms with Gasteiger partial charge in [0.15, 0.2) is 0 Å². The van der Waals surface area contributed by atoms with Crippen molar-refractivity contribution in [3.63, 3.8) is 0 Å². The number of rotatable bonds is 4. The number of aromatic nitrogens is 1. The number of carbonyl (C=O) groups excluding carboxylic acids is 1. The molecule has 114 valence electrons. The molecule has 1 aromatic carbocycles. The first-order chi connectivity index (χ1) is 10.8. The average molecular weight is 314 g/mol. The summed E-state index contributed by atoms with van der Waals surface area (Å²) in [6.45, 7) is 2.30. The van der Waals surface area contributed by atoms with Crippen molar-refractivity contribution in [3.8, 4) is 0 Å². The molecule has 1 aliphatic heterocycles. The third kappa shape index (κ3) is 3.42. The van der Waals surface area contributed by atoms with Crippen molar-refractivity contribution in [1.82, 2.24) is 4.98 Å². The molecule has 0 N–H and O–H groups in total. The highest BCUT2D eigenvalue weighted by atomic mass is 32.2. The third-order valence-electron chi connectivity index (χ3n) is 3.69. The summed E-state index contributed by atoms with van der Waals surface area (Å²) in [4.78, 5) is 19.4. The van der Waals surface area contributed by atoms with Gasteiger partial charge in [-0.2, -0.15) is 0 Å². The van der Waals surface area contributed by atoms with Crippen LogP contribution in [0.2, 0.25) is 0 Å². The fourth-order valence-electron chi connectivity index (χ4n) is 2.53. The van der Waals surface area contributed by atoms with Gasteiger partial charge in [0, 0.05) is 29.9 Å². The monoisotopic (exact) mass is 314 g/mol. The summed E-state index contributed by atoms with van der Waals surface area (Å²) in [6.07, 6.45) is 4.19. The van der Waals surface area contributed by atoms with E-state index in [1.165, 1.54) is 25.6 Å². The quantitative estimate of drug-likeness (QED) is 0.806. The van der Waals surface area contributed by atoms with Gasteiger partial charge in [-0.1, -0.05) is 11.8 Å². The van der Waals surface area contributed by atoms with Gasteiger partial charge >= 0.3 is 5.97 Å². The molecule has 0 saturated carbocycles. The third-order valence-corrected chi connectivity index (χ3v) is 4.63. The Labute approximate surface area is 134 Å². The summed E-state index contributed by atoms with van der Waals surface area (Å²) in [5.74, 6) is -0.339. The summed E-state index contributed by atoms with van der Waals surface area (Å²) in [7, 11) is 1.38. The highest BCUT2D eigenvalue weighted by molar-refractivity contribution is 7.99. The molecule has 5 heteroatoms. The molecule has 1 aliphatic rings. The van der Waals surface area contributed by atoms with Crippen molar-refractivity contribution in [2.24, 2.45) is 0 Å². The zero-order valence-electron chi connectivity index (χ0n) is 12.5. The molecule has 0 atom stereocenters. The normalized spacial score (nSPS) is 14.1. The summed E-state index contributed by atoms with van der Waals surface area (Å²) in [6, 6.07) is 11.9. The highest BCUT2D eigenvalue weighted by Gasteiger charge is 2.12. The second kappa shape index (κ2) is 6.83. The molecule has 4 nitrogen and oxygen atoms in total. The van der Waals surface area contributed by atoms with Crippen LogP contribution in [-0.2, 0) is 4.74 Å². The zero-order chi connectivity index (χ0) is 15.4. The van der Waals surface area contributed by atoms with Gasteiger partial charge in [-0.3, -0.25) is 0 Å². The van der Waals surface area contributed by atoms with Crippen LogP contribution in [0.15, 0.2) is 52.5 Å². The lowest BCUT2D eigenvalue weighted by Gasteiger charge is -2.17. The van der Waals surface area contributed by atoms with Crippen LogP contribution in [-0.4, -0.2) is 31.2 Å². The Morgan fingerprint density at radius 1 is 1.18 bits per heavy atom. The van der Waals surface area contributed by atoms with Crippen LogP contribution in [0.5, 0.6) is 0 Å². The Kier molecular flexibility index (Phi) is 4.63. The number of hydrogen-bond donors (Lipinski definition) is 0. The number of ether oxygens (including phenoxy) is 1. The lowest BCUT2D eigenvalue weighted by Crippen LogP contribution is -2.17. The van der Waals surface area contributed by atoms with Gasteiger partial charge in [0.1, 0.15) is 5.03 Å². The number of carbonyl (C=O) groups is 1. The first kappa shape index (κ1) is 14.9. The van der Waals surface area contributed by atoms with Crippen LogP contribution >= 0.6 is 11.8 Å². The summed E-state index contributed by atoms with van der Waals surface area (Å²) >= 11 is 1.54. The van der Waals surface area contributed by atoms with Crippen LogP contribution in [0.3, 0.4) is 0 Å². The first-order valence-corrected chi connectivity index (χ1v) is 8.15. The molecule has 2 aromatic rings. The molecule has 0 bridgehead atoms. The molecule has 0 spiro atoms. The topological polar surface area (TPSA) is 42.4 Å². The Balaban J connectivity index is 1.71. The van der Waals surface area contributed by atoms with Gasteiger partial charge in [-0.25, -0.2) is 9.78 Å². The molecule has 0 unspecified atom stereocenters. The zero-order valence-corrected chi connectivity index (χ0v) is 13.3. The van der Waals surface area contributed by atoms with Gasteiger partial charge in [0.2, 0.25) is 0 Å². The molecule has 1 aromatic heterocycles. The molecule has 2 heterocycles. The van der Waals surface area contributed by atoms with Crippen LogP contribution in [0, 0.1) is 0 Å². The number of benzene rings is 1. The highest BCUT2D eigenvalue weighted by Crippen LogP contribution is 2.29. The van der Waals surface area contributed by atoms with E-state index in [0.717, 1.165) is 23.0 Å². The lowest BCUT2D eigenvalue weighted by atomic mass is 10.3. The molecule has 0 amide bonds. The summed E-state index contributed by atoms with van der Waals surface area (Å²) < 4.78 is 4.73. The molecule has 1 saturated heterocycles. The predicted molar refractivity (Wildman–Crippen MR) is 87.6 cm³/mol. The van der Waals surface area contributed by atoms with Gasteiger partial charge in [0.05, 0.1) is 12.7 Å². The molecular formula is C17H18N2O2S. The van der Waals surface area contributed by atoms with Gasteiger partial charge in [-0.05, 0) is 49.2 Å². The maximum atomic E-state index is 11.5. The van der Waals surface area contributed by atoms with Crippen molar-refractivity contribution in [1.29, 1.82) is 0 Å². The SMILES string of the molecule is COC(=O)c1ccnc(Sc2ccc(N3CCCC3)cc2)c1. The Bertz CT molecular complexity index is 652. The van der Waals surface area contributed by atoms with Crippen molar-refractivity contribution in [2.75, 3.05) is 25.1 Å². The lowest BCUT2D eigenvalue weighted by molar-refractivity contribution is 0.0600. The minimum absolute atomic E-state index is 0.339. The maximum absolute atomic E-state index is 11.5. The fraction of sp³-hybridized carbons (Fsp3) is 0.294. The minimum Gasteiger partial charge on any atom is -0.465 e. The summed E-state index contributed by atoms with van der Waals surface area (Å²) in [5, 5.41) is 0.789. The van der Waals surface area contributed by atoms with Crippen LogP contribution in [0.4, 0.5) is 5.69 Å². The minimum atomic E-state index is -0.339. The van der Waals surface area contributed by atoms with E-state index in [9.17, 15) is 4.79 Å². The summed E-state index contributed by atoms with van der Waals surface area (Å²) in [5.41, 5.74) is 1.80. The molecule has 22 heavy (non-hydrogen) atoms. The van der Waals surface area contributed by atoms with E-state index in [2.05, 4.69) is 34.1 Å². The van der Waals surface area contributed by atoms with E-state index < -0.39 is 0 Å². The van der Waals surface area contributed by atoms with Crippen molar-refractivity contribution in [2.45, 2.75) is 22.8 Å². The second-order valence-electron chi connectivity index (χ2n) is 5.16. The Morgan fingerprint density at radius 2 is 1.91 bits per heavy atom. The second-order valence-corrected chi connectivity index (χ2v) is 6.26. The molecule has 3 rings (SSSR count). The van der Waals surface area contributed by atoms with Crippen molar-refractivity contribution in [3.05, 3.63) is 48.2 Å². The largest absolute Gasteiger partial charge is 0.465 e. The van der Waals surface area contributed by atoms with Gasteiger partial charge < -0.3 is 9.64 Å². The van der Waals surface area contributed by atoms with Crippen molar-refractivity contribution >= 4 is 23.4 Å². The Morgan fingerprint density at radius 3 is 2.59 bits per heavy atom. The number of anilines is 1. The average Bonchev–Trinajstić information content (AvgIpc) is 3.09. The number of pyridine rings is 1. The van der Waals surface area contributed by atoms with Gasteiger partial charge in [0.25, 0.3) is 0 Å². The molecule has 1 fully saturated rings. The molecule has 0 aliphatic carbocycles. The van der Waals surface area contributed by atoms with E-state index in [4.69, 9.17) is 4.74 Å². The van der Waals surface area contributed by atoms with Crippen LogP contribution in [0.1, 0.15) is 23.2 Å². The maximum Gasteiger partial charge on any atom is 0.337 e. The first-order valence-electron chi connectivity index (χ1n) is 7.33. The van der Waals surface area contributed by atoms with E-state index in [0.29, 0.717) is 5.56 Å². The number of hydrogen-bond acceptors (Lipinski definition) is 5.